The maximum absolute atomic E-state index is 12.3. The van der Waals surface area contributed by atoms with Crippen molar-refractivity contribution in [1.29, 1.82) is 0 Å². The molecule has 0 heterocycles. The summed E-state index contributed by atoms with van der Waals surface area (Å²) in [5.41, 5.74) is 0. The molecule has 0 saturated heterocycles. The Hall–Kier alpha value is -1.10. The van der Waals surface area contributed by atoms with Gasteiger partial charge in [-0.2, -0.15) is 0 Å². The standard InChI is InChI=1S/C14H16ClNO2S/c1-2-12(15)10-16-19(17,18)14-9-5-7-11-6-3-4-8-13(11)14/h3-9,12,16H,2,10H2,1H3. The fourth-order valence-corrected chi connectivity index (χ4v) is 3.33. The van der Waals surface area contributed by atoms with Gasteiger partial charge >= 0.3 is 0 Å². The van der Waals surface area contributed by atoms with Gasteiger partial charge in [-0.25, -0.2) is 13.1 Å². The number of benzene rings is 2. The van der Waals surface area contributed by atoms with E-state index in [2.05, 4.69) is 4.72 Å². The summed E-state index contributed by atoms with van der Waals surface area (Å²) < 4.78 is 27.2. The van der Waals surface area contributed by atoms with Crippen molar-refractivity contribution in [3.63, 3.8) is 0 Å². The first-order chi connectivity index (χ1) is 9.04. The Morgan fingerprint density at radius 3 is 2.58 bits per heavy atom. The third-order valence-electron chi connectivity index (χ3n) is 2.98. The number of nitrogens with one attached hydrogen (secondary N) is 1. The molecule has 2 aromatic carbocycles. The van der Waals surface area contributed by atoms with Crippen LogP contribution in [0.4, 0.5) is 0 Å². The van der Waals surface area contributed by atoms with Crippen molar-refractivity contribution < 1.29 is 8.42 Å². The van der Waals surface area contributed by atoms with Crippen LogP contribution in [0.3, 0.4) is 0 Å². The van der Waals surface area contributed by atoms with E-state index in [1.54, 1.807) is 12.1 Å². The molecule has 0 aliphatic heterocycles. The highest BCUT2D eigenvalue weighted by atomic mass is 35.5. The summed E-state index contributed by atoms with van der Waals surface area (Å²) in [5.74, 6) is 0. The quantitative estimate of drug-likeness (QED) is 0.862. The predicted octanol–water partition coefficient (Wildman–Crippen LogP) is 3.14. The Kier molecular flexibility index (Phi) is 4.45. The molecule has 1 unspecified atom stereocenters. The second kappa shape index (κ2) is 5.90. The second-order valence-electron chi connectivity index (χ2n) is 4.33. The summed E-state index contributed by atoms with van der Waals surface area (Å²) in [4.78, 5) is 0.297. The molecule has 0 fully saturated rings. The van der Waals surface area contributed by atoms with Crippen molar-refractivity contribution in [1.82, 2.24) is 4.72 Å². The van der Waals surface area contributed by atoms with Crippen molar-refractivity contribution in [3.8, 4) is 0 Å². The van der Waals surface area contributed by atoms with Gasteiger partial charge in [0.15, 0.2) is 0 Å². The SMILES string of the molecule is CCC(Cl)CNS(=O)(=O)c1cccc2ccccc12. The van der Waals surface area contributed by atoms with Crippen LogP contribution in [0, 0.1) is 0 Å². The highest BCUT2D eigenvalue weighted by molar-refractivity contribution is 7.89. The van der Waals surface area contributed by atoms with Gasteiger partial charge in [0.2, 0.25) is 10.0 Å². The zero-order valence-corrected chi connectivity index (χ0v) is 12.2. The van der Waals surface area contributed by atoms with Crippen molar-refractivity contribution in [3.05, 3.63) is 42.5 Å². The van der Waals surface area contributed by atoms with E-state index in [1.807, 2.05) is 37.3 Å². The zero-order valence-electron chi connectivity index (χ0n) is 10.6. The molecular weight excluding hydrogens is 282 g/mol. The fourth-order valence-electron chi connectivity index (χ4n) is 1.85. The van der Waals surface area contributed by atoms with Gasteiger partial charge in [0.25, 0.3) is 0 Å². The van der Waals surface area contributed by atoms with Gasteiger partial charge in [0.05, 0.1) is 4.90 Å². The average molecular weight is 298 g/mol. The average Bonchev–Trinajstić information content (AvgIpc) is 2.44. The number of rotatable bonds is 5. The van der Waals surface area contributed by atoms with Gasteiger partial charge in [0.1, 0.15) is 0 Å². The Labute approximate surface area is 118 Å². The van der Waals surface area contributed by atoms with Crippen LogP contribution >= 0.6 is 11.6 Å². The molecule has 19 heavy (non-hydrogen) atoms. The van der Waals surface area contributed by atoms with Crippen LogP contribution in [0.15, 0.2) is 47.4 Å². The van der Waals surface area contributed by atoms with Crippen LogP contribution in [-0.4, -0.2) is 20.3 Å². The van der Waals surface area contributed by atoms with E-state index in [4.69, 9.17) is 11.6 Å². The highest BCUT2D eigenvalue weighted by Gasteiger charge is 2.17. The van der Waals surface area contributed by atoms with Gasteiger partial charge < -0.3 is 0 Å². The van der Waals surface area contributed by atoms with Crippen molar-refractivity contribution in [2.24, 2.45) is 0 Å². The zero-order chi connectivity index (χ0) is 13.9. The molecule has 0 aliphatic rings. The lowest BCUT2D eigenvalue weighted by atomic mass is 10.1. The lowest BCUT2D eigenvalue weighted by molar-refractivity contribution is 0.580. The first-order valence-corrected chi connectivity index (χ1v) is 8.08. The molecule has 0 spiro atoms. The van der Waals surface area contributed by atoms with E-state index in [1.165, 1.54) is 0 Å². The van der Waals surface area contributed by atoms with Gasteiger partial charge in [-0.3, -0.25) is 0 Å². The number of hydrogen-bond acceptors (Lipinski definition) is 2. The summed E-state index contributed by atoms with van der Waals surface area (Å²) >= 11 is 5.95. The van der Waals surface area contributed by atoms with Crippen LogP contribution in [0.5, 0.6) is 0 Å². The Morgan fingerprint density at radius 1 is 1.16 bits per heavy atom. The number of sulfonamides is 1. The molecule has 5 heteroatoms. The topological polar surface area (TPSA) is 46.2 Å². The summed E-state index contributed by atoms with van der Waals surface area (Å²) in [5, 5.41) is 1.44. The van der Waals surface area contributed by atoms with Crippen LogP contribution in [0.2, 0.25) is 0 Å². The van der Waals surface area contributed by atoms with E-state index in [9.17, 15) is 8.42 Å². The molecule has 0 bridgehead atoms. The van der Waals surface area contributed by atoms with Crippen molar-refractivity contribution >= 4 is 32.4 Å². The minimum Gasteiger partial charge on any atom is -0.210 e. The number of fused-ring (bicyclic) bond motifs is 1. The minimum atomic E-state index is -3.53. The highest BCUT2D eigenvalue weighted by Crippen LogP contribution is 2.22. The molecule has 0 aliphatic carbocycles. The second-order valence-corrected chi connectivity index (χ2v) is 6.69. The van der Waals surface area contributed by atoms with E-state index in [0.29, 0.717) is 4.90 Å². The molecular formula is C14H16ClNO2S. The summed E-state index contributed by atoms with van der Waals surface area (Å²) in [7, 11) is -3.53. The molecule has 0 saturated carbocycles. The molecule has 1 atom stereocenters. The first kappa shape index (κ1) is 14.3. The molecule has 102 valence electrons. The van der Waals surface area contributed by atoms with E-state index in [-0.39, 0.29) is 11.9 Å². The predicted molar refractivity (Wildman–Crippen MR) is 79.1 cm³/mol. The number of hydrogen-bond donors (Lipinski definition) is 1. The monoisotopic (exact) mass is 297 g/mol. The lowest BCUT2D eigenvalue weighted by Crippen LogP contribution is -2.29. The maximum Gasteiger partial charge on any atom is 0.241 e. The number of alkyl halides is 1. The Morgan fingerprint density at radius 2 is 1.84 bits per heavy atom. The minimum absolute atomic E-state index is 0.190. The largest absolute Gasteiger partial charge is 0.241 e. The van der Waals surface area contributed by atoms with Gasteiger partial charge in [-0.1, -0.05) is 43.3 Å². The molecule has 0 aromatic heterocycles. The lowest BCUT2D eigenvalue weighted by Gasteiger charge is -2.11. The summed E-state index contributed by atoms with van der Waals surface area (Å²) in [6.45, 7) is 2.16. The van der Waals surface area contributed by atoms with Crippen molar-refractivity contribution in [2.75, 3.05) is 6.54 Å². The van der Waals surface area contributed by atoms with Crippen LogP contribution in [0.1, 0.15) is 13.3 Å². The fraction of sp³-hybridized carbons (Fsp3) is 0.286. The summed E-state index contributed by atoms with van der Waals surface area (Å²) in [6, 6.07) is 12.7. The molecule has 3 nitrogen and oxygen atoms in total. The normalized spacial score (nSPS) is 13.6. The van der Waals surface area contributed by atoms with Gasteiger partial charge in [-0.05, 0) is 17.9 Å². The van der Waals surface area contributed by atoms with Gasteiger partial charge in [0, 0.05) is 17.3 Å². The maximum atomic E-state index is 12.3. The third kappa shape index (κ3) is 3.26. The summed E-state index contributed by atoms with van der Waals surface area (Å²) in [6.07, 6.45) is 0.722. The molecule has 0 amide bonds. The van der Waals surface area contributed by atoms with E-state index >= 15 is 0 Å². The van der Waals surface area contributed by atoms with Crippen LogP contribution in [0.25, 0.3) is 10.8 Å². The molecule has 2 rings (SSSR count). The first-order valence-electron chi connectivity index (χ1n) is 6.16. The van der Waals surface area contributed by atoms with Crippen molar-refractivity contribution in [2.45, 2.75) is 23.6 Å². The van der Waals surface area contributed by atoms with E-state index in [0.717, 1.165) is 17.2 Å². The number of halogens is 1. The molecule has 0 radical (unpaired) electrons. The third-order valence-corrected chi connectivity index (χ3v) is 4.92. The van der Waals surface area contributed by atoms with Crippen LogP contribution in [-0.2, 0) is 10.0 Å². The Bertz CT molecular complexity index is 665. The van der Waals surface area contributed by atoms with E-state index < -0.39 is 10.0 Å². The molecule has 1 N–H and O–H groups in total. The van der Waals surface area contributed by atoms with Crippen LogP contribution < -0.4 is 4.72 Å². The smallest absolute Gasteiger partial charge is 0.210 e. The Balaban J connectivity index is 2.38. The molecule has 2 aromatic rings. The van der Waals surface area contributed by atoms with Gasteiger partial charge in [-0.15, -0.1) is 11.6 Å².